The molecular formula is C15H20N2O2. The molecule has 0 aromatic heterocycles. The fraction of sp³-hybridized carbons (Fsp3) is 0.533. The fourth-order valence-corrected chi connectivity index (χ4v) is 3.30. The summed E-state index contributed by atoms with van der Waals surface area (Å²) >= 11 is 0. The van der Waals surface area contributed by atoms with Gasteiger partial charge in [-0.05, 0) is 56.0 Å². The maximum atomic E-state index is 10.9. The first-order chi connectivity index (χ1) is 9.13. The van der Waals surface area contributed by atoms with Gasteiger partial charge in [0.2, 0.25) is 0 Å². The van der Waals surface area contributed by atoms with E-state index >= 15 is 0 Å². The van der Waals surface area contributed by atoms with Gasteiger partial charge in [-0.1, -0.05) is 0 Å². The van der Waals surface area contributed by atoms with Gasteiger partial charge in [-0.2, -0.15) is 0 Å². The van der Waals surface area contributed by atoms with Crippen molar-refractivity contribution < 1.29 is 9.90 Å². The van der Waals surface area contributed by atoms with E-state index in [0.717, 1.165) is 17.2 Å². The van der Waals surface area contributed by atoms with Gasteiger partial charge < -0.3 is 15.3 Å². The van der Waals surface area contributed by atoms with E-state index < -0.39 is 5.97 Å². The van der Waals surface area contributed by atoms with Gasteiger partial charge in [-0.3, -0.25) is 0 Å². The Hall–Kier alpha value is -1.55. The average molecular weight is 260 g/mol. The Balaban J connectivity index is 1.74. The molecule has 4 nitrogen and oxygen atoms in total. The van der Waals surface area contributed by atoms with E-state index in [1.165, 1.54) is 32.5 Å². The number of fused-ring (bicyclic) bond motifs is 2. The molecule has 2 fully saturated rings. The summed E-state index contributed by atoms with van der Waals surface area (Å²) < 4.78 is 0. The molecule has 2 aliphatic rings. The molecular weight excluding hydrogens is 240 g/mol. The molecule has 2 saturated heterocycles. The normalized spacial score (nSPS) is 29.2. The number of aryl methyl sites for hydroxylation is 1. The van der Waals surface area contributed by atoms with E-state index in [9.17, 15) is 4.79 Å². The number of piperidine rings is 1. The monoisotopic (exact) mass is 260 g/mol. The van der Waals surface area contributed by atoms with Crippen LogP contribution in [0.15, 0.2) is 18.2 Å². The first-order valence-corrected chi connectivity index (χ1v) is 6.96. The van der Waals surface area contributed by atoms with Crippen LogP contribution in [0.2, 0.25) is 0 Å². The van der Waals surface area contributed by atoms with E-state index in [-0.39, 0.29) is 0 Å². The molecule has 2 bridgehead atoms. The second-order valence-corrected chi connectivity index (χ2v) is 5.72. The zero-order chi connectivity index (χ0) is 13.4. The van der Waals surface area contributed by atoms with Crippen molar-refractivity contribution in [1.29, 1.82) is 0 Å². The third kappa shape index (κ3) is 2.45. The summed E-state index contributed by atoms with van der Waals surface area (Å²) in [7, 11) is 0. The number of nitrogens with one attached hydrogen (secondary N) is 1. The molecule has 102 valence electrons. The molecule has 2 N–H and O–H groups in total. The second kappa shape index (κ2) is 4.85. The Bertz CT molecular complexity index is 501. The molecule has 0 aliphatic carbocycles. The summed E-state index contributed by atoms with van der Waals surface area (Å²) in [5.74, 6) is -0.119. The number of carboxylic acid groups (broad SMARTS) is 1. The Morgan fingerprint density at radius 3 is 2.89 bits per heavy atom. The Morgan fingerprint density at radius 2 is 2.16 bits per heavy atom. The van der Waals surface area contributed by atoms with Crippen molar-refractivity contribution in [2.75, 3.05) is 25.0 Å². The number of carbonyl (C=O) groups is 1. The highest BCUT2D eigenvalue weighted by atomic mass is 16.4. The highest BCUT2D eigenvalue weighted by Gasteiger charge is 2.34. The molecule has 0 spiro atoms. The van der Waals surface area contributed by atoms with Gasteiger partial charge >= 0.3 is 5.97 Å². The van der Waals surface area contributed by atoms with Crippen LogP contribution in [0.3, 0.4) is 0 Å². The van der Waals surface area contributed by atoms with Crippen LogP contribution in [-0.2, 0) is 0 Å². The minimum absolute atomic E-state index is 0.360. The number of nitrogens with zero attached hydrogens (tertiary/aromatic N) is 1. The van der Waals surface area contributed by atoms with Gasteiger partial charge in [-0.15, -0.1) is 0 Å². The van der Waals surface area contributed by atoms with Gasteiger partial charge in [0.25, 0.3) is 0 Å². The summed E-state index contributed by atoms with van der Waals surface area (Å²) in [4.78, 5) is 13.5. The first-order valence-electron chi connectivity index (χ1n) is 6.96. The van der Waals surface area contributed by atoms with E-state index in [1.54, 1.807) is 12.1 Å². The van der Waals surface area contributed by atoms with E-state index in [0.29, 0.717) is 11.6 Å². The van der Waals surface area contributed by atoms with Crippen LogP contribution in [0, 0.1) is 12.8 Å². The zero-order valence-corrected chi connectivity index (χ0v) is 11.2. The van der Waals surface area contributed by atoms with Crippen molar-refractivity contribution in [2.45, 2.75) is 25.8 Å². The van der Waals surface area contributed by atoms with Crippen molar-refractivity contribution in [3.8, 4) is 0 Å². The van der Waals surface area contributed by atoms with Crippen LogP contribution in [0.4, 0.5) is 5.69 Å². The lowest BCUT2D eigenvalue weighted by molar-refractivity contribution is 0.0697. The molecule has 1 aromatic rings. The van der Waals surface area contributed by atoms with Gasteiger partial charge in [0.1, 0.15) is 0 Å². The molecule has 1 aromatic carbocycles. The lowest BCUT2D eigenvalue weighted by atomic mass is 9.93. The first kappa shape index (κ1) is 12.5. The molecule has 0 saturated carbocycles. The highest BCUT2D eigenvalue weighted by molar-refractivity contribution is 5.88. The molecule has 4 heteroatoms. The van der Waals surface area contributed by atoms with Crippen molar-refractivity contribution in [2.24, 2.45) is 5.92 Å². The summed E-state index contributed by atoms with van der Waals surface area (Å²) in [5.41, 5.74) is 2.45. The fourth-order valence-electron chi connectivity index (χ4n) is 3.30. The minimum Gasteiger partial charge on any atom is -0.478 e. The molecule has 0 amide bonds. The quantitative estimate of drug-likeness (QED) is 0.875. The third-order valence-corrected chi connectivity index (χ3v) is 4.45. The molecule has 0 radical (unpaired) electrons. The van der Waals surface area contributed by atoms with Crippen LogP contribution < -0.4 is 5.32 Å². The van der Waals surface area contributed by atoms with Crippen molar-refractivity contribution in [3.05, 3.63) is 29.3 Å². The van der Waals surface area contributed by atoms with Gasteiger partial charge in [-0.25, -0.2) is 4.79 Å². The molecule has 3 unspecified atom stereocenters. The molecule has 2 heterocycles. The van der Waals surface area contributed by atoms with Crippen molar-refractivity contribution >= 4 is 11.7 Å². The van der Waals surface area contributed by atoms with Gasteiger partial charge in [0.15, 0.2) is 0 Å². The lowest BCUT2D eigenvalue weighted by Gasteiger charge is -2.32. The average Bonchev–Trinajstić information content (AvgIpc) is 2.77. The van der Waals surface area contributed by atoms with Crippen LogP contribution in [-0.4, -0.2) is 41.7 Å². The predicted molar refractivity (Wildman–Crippen MR) is 74.7 cm³/mol. The number of hydrogen-bond donors (Lipinski definition) is 2. The summed E-state index contributed by atoms with van der Waals surface area (Å²) in [6.45, 7) is 5.60. The number of hydrogen-bond acceptors (Lipinski definition) is 3. The maximum Gasteiger partial charge on any atom is 0.335 e. The Morgan fingerprint density at radius 1 is 1.37 bits per heavy atom. The summed E-state index contributed by atoms with van der Waals surface area (Å²) in [5, 5.41) is 12.6. The topological polar surface area (TPSA) is 52.6 Å². The SMILES string of the molecule is Cc1cc(C(=O)O)ccc1NC1CCN2CCC1C2. The number of benzene rings is 1. The van der Waals surface area contributed by atoms with Gasteiger partial charge in [0, 0.05) is 24.8 Å². The van der Waals surface area contributed by atoms with Crippen LogP contribution in [0.5, 0.6) is 0 Å². The largest absolute Gasteiger partial charge is 0.478 e. The standard InChI is InChI=1S/C15H20N2O2/c1-10-8-11(15(18)19)2-3-13(10)16-14-5-7-17-6-4-12(14)9-17/h2-3,8,12,14,16H,4-7,9H2,1H3,(H,18,19). The molecule has 3 atom stereocenters. The zero-order valence-electron chi connectivity index (χ0n) is 11.2. The number of carboxylic acids is 1. The molecule has 3 rings (SSSR count). The Labute approximate surface area is 113 Å². The second-order valence-electron chi connectivity index (χ2n) is 5.72. The Kier molecular flexibility index (Phi) is 3.19. The minimum atomic E-state index is -0.862. The van der Waals surface area contributed by atoms with Gasteiger partial charge in [0.05, 0.1) is 5.56 Å². The van der Waals surface area contributed by atoms with E-state index in [2.05, 4.69) is 10.2 Å². The van der Waals surface area contributed by atoms with Crippen LogP contribution in [0.25, 0.3) is 0 Å². The highest BCUT2D eigenvalue weighted by Crippen LogP contribution is 2.30. The van der Waals surface area contributed by atoms with Crippen LogP contribution in [0.1, 0.15) is 28.8 Å². The van der Waals surface area contributed by atoms with Crippen LogP contribution >= 0.6 is 0 Å². The predicted octanol–water partition coefficient (Wildman–Crippen LogP) is 2.20. The number of rotatable bonds is 3. The maximum absolute atomic E-state index is 10.9. The third-order valence-electron chi connectivity index (χ3n) is 4.45. The number of aromatic carboxylic acids is 1. The smallest absolute Gasteiger partial charge is 0.335 e. The number of anilines is 1. The van der Waals surface area contributed by atoms with Crippen molar-refractivity contribution in [3.63, 3.8) is 0 Å². The summed E-state index contributed by atoms with van der Waals surface area (Å²) in [6, 6.07) is 5.86. The van der Waals surface area contributed by atoms with E-state index in [4.69, 9.17) is 5.11 Å². The molecule has 19 heavy (non-hydrogen) atoms. The summed E-state index contributed by atoms with van der Waals surface area (Å²) in [6.07, 6.45) is 2.47. The lowest BCUT2D eigenvalue weighted by Crippen LogP contribution is -2.39. The van der Waals surface area contributed by atoms with E-state index in [1.807, 2.05) is 13.0 Å². The van der Waals surface area contributed by atoms with Crippen molar-refractivity contribution in [1.82, 2.24) is 4.90 Å². The molecule has 2 aliphatic heterocycles.